The Balaban J connectivity index is 1.41. The molecule has 2 unspecified atom stereocenters. The molecule has 7 nitrogen and oxygen atoms in total. The van der Waals surface area contributed by atoms with Crippen molar-refractivity contribution >= 4 is 22.5 Å². The molecule has 0 radical (unpaired) electrons. The summed E-state index contributed by atoms with van der Waals surface area (Å²) in [6.07, 6.45) is 3.55. The lowest BCUT2D eigenvalue weighted by Gasteiger charge is -2.34. The number of amides is 1. The van der Waals surface area contributed by atoms with Crippen molar-refractivity contribution in [3.63, 3.8) is 0 Å². The summed E-state index contributed by atoms with van der Waals surface area (Å²) in [5.74, 6) is -0.0382. The van der Waals surface area contributed by atoms with E-state index in [0.717, 1.165) is 68.3 Å². The fourth-order valence-corrected chi connectivity index (χ4v) is 5.54. The van der Waals surface area contributed by atoms with Gasteiger partial charge in [-0.05, 0) is 61.9 Å². The van der Waals surface area contributed by atoms with Gasteiger partial charge in [0.25, 0.3) is 5.91 Å². The van der Waals surface area contributed by atoms with Gasteiger partial charge in [-0.2, -0.15) is 5.26 Å². The van der Waals surface area contributed by atoms with Crippen molar-refractivity contribution in [2.75, 3.05) is 44.7 Å². The van der Waals surface area contributed by atoms with Crippen molar-refractivity contribution in [3.8, 4) is 6.07 Å². The van der Waals surface area contributed by atoms with Crippen LogP contribution in [0, 0.1) is 17.2 Å². The number of hydrogen-bond acceptors (Lipinski definition) is 5. The Kier molecular flexibility index (Phi) is 7.26. The molecule has 0 bridgehead atoms. The third kappa shape index (κ3) is 5.25. The number of likely N-dealkylation sites (N-methyl/N-ethyl adjacent to an activating group) is 1. The van der Waals surface area contributed by atoms with E-state index >= 15 is 0 Å². The van der Waals surface area contributed by atoms with Gasteiger partial charge in [-0.3, -0.25) is 4.79 Å². The summed E-state index contributed by atoms with van der Waals surface area (Å²) in [5.41, 5.74) is 4.43. The van der Waals surface area contributed by atoms with Crippen LogP contribution >= 0.6 is 0 Å². The van der Waals surface area contributed by atoms with E-state index in [9.17, 15) is 15.2 Å². The van der Waals surface area contributed by atoms with Crippen LogP contribution in [0.4, 0.5) is 5.69 Å². The molecule has 1 saturated heterocycles. The highest BCUT2D eigenvalue weighted by molar-refractivity contribution is 5.99. The van der Waals surface area contributed by atoms with Crippen molar-refractivity contribution < 1.29 is 9.90 Å². The number of aliphatic hydroxyl groups is 1. The highest BCUT2D eigenvalue weighted by Crippen LogP contribution is 2.26. The largest absolute Gasteiger partial charge is 0.393 e. The Morgan fingerprint density at radius 1 is 1.08 bits per heavy atom. The number of carbonyl (C=O) groups excluding carboxylic acids is 1. The van der Waals surface area contributed by atoms with Crippen LogP contribution < -0.4 is 10.2 Å². The molecule has 0 spiro atoms. The van der Waals surface area contributed by atoms with Crippen LogP contribution in [0.2, 0.25) is 0 Å². The molecular formula is C29H35N5O2. The minimum atomic E-state index is -0.347. The molecule has 7 heteroatoms. The van der Waals surface area contributed by atoms with Gasteiger partial charge in [-0.25, -0.2) is 0 Å². The smallest absolute Gasteiger partial charge is 0.267 e. The van der Waals surface area contributed by atoms with Gasteiger partial charge in [0.15, 0.2) is 0 Å². The van der Waals surface area contributed by atoms with E-state index in [4.69, 9.17) is 0 Å². The number of nitrogens with one attached hydrogen (secondary N) is 1. The van der Waals surface area contributed by atoms with Gasteiger partial charge in [0.1, 0.15) is 5.69 Å². The quantitative estimate of drug-likeness (QED) is 0.557. The Labute approximate surface area is 212 Å². The number of nitriles is 1. The molecule has 2 N–H and O–H groups in total. The lowest BCUT2D eigenvalue weighted by atomic mass is 9.86. The zero-order valence-electron chi connectivity index (χ0n) is 21.0. The standard InChI is InChI=1S/C29H35N5O2/c1-32-11-13-33(14-12-32)25-7-4-5-22(16-25)20-34-26-10-9-21(18-30)15-24(26)17-27(34)29(36)31-19-23-6-2-3-8-28(23)35/h4-5,7,9-10,15-17,23,28,35H,2-3,6,8,11-14,19-20H2,1H3,(H,31,36). The van der Waals surface area contributed by atoms with Gasteiger partial charge in [0, 0.05) is 61.8 Å². The van der Waals surface area contributed by atoms with Gasteiger partial charge in [0.05, 0.1) is 17.7 Å². The Morgan fingerprint density at radius 2 is 1.89 bits per heavy atom. The number of fused-ring (bicyclic) bond motifs is 1. The second-order valence-corrected chi connectivity index (χ2v) is 10.3. The van der Waals surface area contributed by atoms with Crippen LogP contribution in [0.25, 0.3) is 10.9 Å². The summed E-state index contributed by atoms with van der Waals surface area (Å²) in [6, 6.07) is 18.2. The molecule has 2 fully saturated rings. The van der Waals surface area contributed by atoms with E-state index < -0.39 is 0 Å². The average molecular weight is 486 g/mol. The van der Waals surface area contributed by atoms with E-state index in [0.29, 0.717) is 24.3 Å². The number of rotatable bonds is 6. The monoisotopic (exact) mass is 485 g/mol. The number of hydrogen-bond donors (Lipinski definition) is 2. The Bertz CT molecular complexity index is 1270. The van der Waals surface area contributed by atoms with Crippen molar-refractivity contribution in [2.24, 2.45) is 5.92 Å². The predicted octanol–water partition coefficient (Wildman–Crippen LogP) is 3.59. The predicted molar refractivity (Wildman–Crippen MR) is 142 cm³/mol. The average Bonchev–Trinajstić information content (AvgIpc) is 3.26. The Hall–Kier alpha value is -3.34. The molecule has 1 amide bonds. The zero-order valence-corrected chi connectivity index (χ0v) is 21.0. The van der Waals surface area contributed by atoms with E-state index in [1.54, 1.807) is 6.07 Å². The van der Waals surface area contributed by atoms with Crippen LogP contribution in [0.3, 0.4) is 0 Å². The van der Waals surface area contributed by atoms with Crippen LogP contribution in [-0.4, -0.2) is 66.4 Å². The highest BCUT2D eigenvalue weighted by atomic mass is 16.3. The maximum Gasteiger partial charge on any atom is 0.267 e. The maximum atomic E-state index is 13.4. The lowest BCUT2D eigenvalue weighted by Crippen LogP contribution is -2.44. The topological polar surface area (TPSA) is 84.5 Å². The molecule has 1 saturated carbocycles. The number of carbonyl (C=O) groups is 1. The molecule has 3 aromatic rings. The molecular weight excluding hydrogens is 450 g/mol. The number of piperazine rings is 1. The number of aromatic nitrogens is 1. The van der Waals surface area contributed by atoms with Gasteiger partial charge < -0.3 is 24.8 Å². The minimum Gasteiger partial charge on any atom is -0.393 e. The SMILES string of the molecule is CN1CCN(c2cccc(Cn3c(C(=O)NCC4CCCCC4O)cc4cc(C#N)ccc43)c2)CC1. The molecule has 5 rings (SSSR count). The van der Waals surface area contributed by atoms with Crippen molar-refractivity contribution in [1.82, 2.24) is 14.8 Å². The lowest BCUT2D eigenvalue weighted by molar-refractivity contribution is 0.0661. The molecule has 1 aliphatic carbocycles. The molecule has 188 valence electrons. The molecule has 1 aliphatic heterocycles. The van der Waals surface area contributed by atoms with Crippen LogP contribution in [0.1, 0.15) is 47.3 Å². The number of aliphatic hydroxyl groups excluding tert-OH is 1. The third-order valence-corrected chi connectivity index (χ3v) is 7.78. The summed E-state index contributed by atoms with van der Waals surface area (Å²) in [5, 5.41) is 23.7. The first-order chi connectivity index (χ1) is 17.5. The highest BCUT2D eigenvalue weighted by Gasteiger charge is 2.24. The van der Waals surface area contributed by atoms with Crippen LogP contribution in [0.5, 0.6) is 0 Å². The molecule has 2 aromatic carbocycles. The van der Waals surface area contributed by atoms with Gasteiger partial charge in [-0.1, -0.05) is 25.0 Å². The molecule has 1 aromatic heterocycles. The van der Waals surface area contributed by atoms with Gasteiger partial charge in [0.2, 0.25) is 0 Å². The first-order valence-corrected chi connectivity index (χ1v) is 13.0. The summed E-state index contributed by atoms with van der Waals surface area (Å²) in [6.45, 7) is 5.14. The summed E-state index contributed by atoms with van der Waals surface area (Å²) in [4.78, 5) is 18.1. The molecule has 2 heterocycles. The maximum absolute atomic E-state index is 13.4. The second kappa shape index (κ2) is 10.7. The van der Waals surface area contributed by atoms with Gasteiger partial charge >= 0.3 is 0 Å². The fraction of sp³-hybridized carbons (Fsp3) is 0.448. The van der Waals surface area contributed by atoms with Crippen molar-refractivity contribution in [3.05, 3.63) is 65.4 Å². The van der Waals surface area contributed by atoms with E-state index in [1.807, 2.05) is 22.8 Å². The third-order valence-electron chi connectivity index (χ3n) is 7.78. The second-order valence-electron chi connectivity index (χ2n) is 10.3. The van der Waals surface area contributed by atoms with Crippen LogP contribution in [-0.2, 0) is 6.54 Å². The summed E-state index contributed by atoms with van der Waals surface area (Å²) in [7, 11) is 2.16. The molecule has 2 aliphatic rings. The normalized spacial score (nSPS) is 20.9. The zero-order chi connectivity index (χ0) is 25.1. The van der Waals surface area contributed by atoms with Crippen molar-refractivity contribution in [2.45, 2.75) is 38.3 Å². The molecule has 36 heavy (non-hydrogen) atoms. The first kappa shape index (κ1) is 24.4. The van der Waals surface area contributed by atoms with E-state index in [-0.39, 0.29) is 17.9 Å². The van der Waals surface area contributed by atoms with E-state index in [1.165, 1.54) is 5.69 Å². The number of anilines is 1. The minimum absolute atomic E-state index is 0.103. The van der Waals surface area contributed by atoms with Gasteiger partial charge in [-0.15, -0.1) is 0 Å². The summed E-state index contributed by atoms with van der Waals surface area (Å²) >= 11 is 0. The Morgan fingerprint density at radius 3 is 2.67 bits per heavy atom. The van der Waals surface area contributed by atoms with Crippen molar-refractivity contribution in [1.29, 1.82) is 5.26 Å². The molecule has 2 atom stereocenters. The first-order valence-electron chi connectivity index (χ1n) is 13.0. The number of nitrogens with zero attached hydrogens (tertiary/aromatic N) is 4. The van der Waals surface area contributed by atoms with E-state index in [2.05, 4.69) is 52.5 Å². The summed E-state index contributed by atoms with van der Waals surface area (Å²) < 4.78 is 2.05. The van der Waals surface area contributed by atoms with Crippen LogP contribution in [0.15, 0.2) is 48.5 Å². The fourth-order valence-electron chi connectivity index (χ4n) is 5.54. The number of benzene rings is 2.